The number of rotatable bonds is 8. The Hall–Kier alpha value is -1.12. The molecule has 0 rings (SSSR count). The summed E-state index contributed by atoms with van der Waals surface area (Å²) in [6, 6.07) is 0. The summed E-state index contributed by atoms with van der Waals surface area (Å²) in [4.78, 5) is 0. The summed E-state index contributed by atoms with van der Waals surface area (Å²) in [6.07, 6.45) is -8.22. The Bertz CT molecular complexity index is 503. The van der Waals surface area contributed by atoms with E-state index in [9.17, 15) is 70.2 Å². The molecule has 0 saturated heterocycles. The van der Waals surface area contributed by atoms with Crippen molar-refractivity contribution in [2.24, 2.45) is 0 Å². The van der Waals surface area contributed by atoms with E-state index in [1.165, 1.54) is 0 Å². The summed E-state index contributed by atoms with van der Waals surface area (Å²) in [5.74, 6) is -53.7. The summed E-state index contributed by atoms with van der Waals surface area (Å²) in [7, 11) is 0. The monoisotopic (exact) mass is 430 g/mol. The molecule has 0 atom stereocenters. The van der Waals surface area contributed by atoms with Crippen LogP contribution in [0.2, 0.25) is 0 Å². The number of alkyl halides is 16. The van der Waals surface area contributed by atoms with Crippen molar-refractivity contribution < 1.29 is 70.2 Å². The Morgan fingerprint density at radius 1 is 0.500 bits per heavy atom. The van der Waals surface area contributed by atoms with E-state index in [4.69, 9.17) is 0 Å². The summed E-state index contributed by atoms with van der Waals surface area (Å²) in [5.41, 5.74) is 0. The first-order chi connectivity index (χ1) is 11.0. The quantitative estimate of drug-likeness (QED) is 0.408. The van der Waals surface area contributed by atoms with Crippen LogP contribution < -0.4 is 0 Å². The maximum absolute atomic E-state index is 13.1. The van der Waals surface area contributed by atoms with Gasteiger partial charge in [0.15, 0.2) is 0 Å². The van der Waals surface area contributed by atoms with Crippen LogP contribution in [0.3, 0.4) is 0 Å². The molecule has 0 bridgehead atoms. The van der Waals surface area contributed by atoms with Crippen LogP contribution in [0.1, 0.15) is 13.3 Å². The highest BCUT2D eigenvalue weighted by atomic mass is 19.4. The zero-order chi connectivity index (χ0) is 21.8. The maximum Gasteiger partial charge on any atom is 0.384 e. The van der Waals surface area contributed by atoms with Gasteiger partial charge in [0.25, 0.3) is 0 Å². The third kappa shape index (κ3) is 2.86. The number of hydrogen-bond donors (Lipinski definition) is 0. The number of halogens is 16. The van der Waals surface area contributed by atoms with Crippen molar-refractivity contribution in [1.29, 1.82) is 0 Å². The van der Waals surface area contributed by atoms with Crippen molar-refractivity contribution in [3.63, 3.8) is 0 Å². The normalized spacial score (nSPS) is 16.4. The molecule has 0 aromatic rings. The zero-order valence-electron chi connectivity index (χ0n) is 11.8. The molecule has 0 unspecified atom stereocenters. The molecule has 0 N–H and O–H groups in total. The second-order valence-electron chi connectivity index (χ2n) is 4.85. The molecule has 0 radical (unpaired) electrons. The van der Waals surface area contributed by atoms with Gasteiger partial charge in [-0.1, -0.05) is 6.92 Å². The molecular weight excluding hydrogens is 424 g/mol. The zero-order valence-corrected chi connectivity index (χ0v) is 11.8. The molecule has 158 valence electrons. The molecule has 0 fully saturated rings. The van der Waals surface area contributed by atoms with Crippen molar-refractivity contribution in [3.05, 3.63) is 0 Å². The van der Waals surface area contributed by atoms with Gasteiger partial charge in [-0.05, 0) is 0 Å². The lowest BCUT2D eigenvalue weighted by atomic mass is 9.88. The topological polar surface area (TPSA) is 0 Å². The fourth-order valence-corrected chi connectivity index (χ4v) is 1.39. The van der Waals surface area contributed by atoms with Gasteiger partial charge in [-0.15, -0.1) is 0 Å². The minimum Gasteiger partial charge on any atom is -0.203 e. The first-order valence-electron chi connectivity index (χ1n) is 5.93. The molecule has 0 aromatic heterocycles. The minimum absolute atomic E-state index is 0.0141. The molecule has 0 aliphatic carbocycles. The van der Waals surface area contributed by atoms with E-state index in [1.807, 2.05) is 0 Å². The summed E-state index contributed by atoms with van der Waals surface area (Å²) in [5, 5.41) is 0. The van der Waals surface area contributed by atoms with Gasteiger partial charge in [0.05, 0.1) is 0 Å². The molecule has 0 spiro atoms. The Morgan fingerprint density at radius 3 is 1.04 bits per heavy atom. The standard InChI is InChI=1S/C10H6F16/c1-2-4(13,14)6(17,18)8(21,22)10(25,26)9(23,24)7(19,20)5(15,16)3(11)12/h3H,2H2,1H3. The van der Waals surface area contributed by atoms with E-state index in [-0.39, 0.29) is 6.92 Å². The highest BCUT2D eigenvalue weighted by Gasteiger charge is 2.93. The Kier molecular flexibility index (Phi) is 5.94. The molecule has 26 heavy (non-hydrogen) atoms. The van der Waals surface area contributed by atoms with Gasteiger partial charge in [0.2, 0.25) is 0 Å². The third-order valence-corrected chi connectivity index (χ3v) is 3.17. The van der Waals surface area contributed by atoms with Crippen molar-refractivity contribution in [2.45, 2.75) is 61.2 Å². The van der Waals surface area contributed by atoms with E-state index in [0.29, 0.717) is 0 Å². The molecule has 0 heterocycles. The predicted molar refractivity (Wildman–Crippen MR) is 50.9 cm³/mol. The first kappa shape index (κ1) is 24.9. The summed E-state index contributed by atoms with van der Waals surface area (Å²) < 4.78 is 204. The molecule has 0 aromatic carbocycles. The van der Waals surface area contributed by atoms with E-state index in [0.717, 1.165) is 0 Å². The van der Waals surface area contributed by atoms with Crippen LogP contribution in [0.5, 0.6) is 0 Å². The molecule has 0 amide bonds. The smallest absolute Gasteiger partial charge is 0.203 e. The summed E-state index contributed by atoms with van der Waals surface area (Å²) >= 11 is 0. The van der Waals surface area contributed by atoms with Gasteiger partial charge in [0.1, 0.15) is 0 Å². The van der Waals surface area contributed by atoms with E-state index in [1.54, 1.807) is 0 Å². The van der Waals surface area contributed by atoms with Gasteiger partial charge in [-0.2, -0.15) is 61.5 Å². The molecule has 0 saturated carbocycles. The fourth-order valence-electron chi connectivity index (χ4n) is 1.39. The first-order valence-corrected chi connectivity index (χ1v) is 5.93. The largest absolute Gasteiger partial charge is 0.384 e. The van der Waals surface area contributed by atoms with E-state index >= 15 is 0 Å². The van der Waals surface area contributed by atoms with E-state index < -0.39 is 54.3 Å². The average molecular weight is 430 g/mol. The predicted octanol–water partition coefficient (Wildman–Crippen LogP) is 6.11. The van der Waals surface area contributed by atoms with Crippen LogP contribution in [0.25, 0.3) is 0 Å². The lowest BCUT2D eigenvalue weighted by molar-refractivity contribution is -0.446. The van der Waals surface area contributed by atoms with Crippen LogP contribution in [-0.2, 0) is 0 Å². The van der Waals surface area contributed by atoms with E-state index in [2.05, 4.69) is 0 Å². The van der Waals surface area contributed by atoms with Crippen LogP contribution >= 0.6 is 0 Å². The van der Waals surface area contributed by atoms with Crippen molar-refractivity contribution >= 4 is 0 Å². The lowest BCUT2D eigenvalue weighted by Crippen LogP contribution is -2.73. The second kappa shape index (κ2) is 6.21. The fraction of sp³-hybridized carbons (Fsp3) is 1.00. The van der Waals surface area contributed by atoms with Gasteiger partial charge >= 0.3 is 47.9 Å². The van der Waals surface area contributed by atoms with Crippen molar-refractivity contribution in [2.75, 3.05) is 0 Å². The maximum atomic E-state index is 13.1. The van der Waals surface area contributed by atoms with Crippen molar-refractivity contribution in [3.8, 4) is 0 Å². The van der Waals surface area contributed by atoms with Gasteiger partial charge in [-0.3, -0.25) is 0 Å². The third-order valence-electron chi connectivity index (χ3n) is 3.17. The SMILES string of the molecule is CCC(F)(F)C(F)(F)C(F)(F)C(F)(F)C(F)(F)C(F)(F)C(F)(F)C(F)F. The summed E-state index contributed by atoms with van der Waals surface area (Å²) in [6.45, 7) is -0.0141. The van der Waals surface area contributed by atoms with Crippen LogP contribution in [0, 0.1) is 0 Å². The molecule has 0 aliphatic heterocycles. The van der Waals surface area contributed by atoms with Crippen LogP contribution in [0.15, 0.2) is 0 Å². The van der Waals surface area contributed by atoms with Gasteiger partial charge < -0.3 is 0 Å². The Balaban J connectivity index is 6.54. The lowest BCUT2D eigenvalue weighted by Gasteiger charge is -2.42. The molecule has 0 aliphatic rings. The van der Waals surface area contributed by atoms with Gasteiger partial charge in [-0.25, -0.2) is 8.78 Å². The van der Waals surface area contributed by atoms with Gasteiger partial charge in [0, 0.05) is 6.42 Å². The molecule has 0 nitrogen and oxygen atoms in total. The van der Waals surface area contributed by atoms with Crippen LogP contribution in [0.4, 0.5) is 70.2 Å². The number of hydrogen-bond acceptors (Lipinski definition) is 0. The average Bonchev–Trinajstić information content (AvgIpc) is 2.45. The van der Waals surface area contributed by atoms with Crippen molar-refractivity contribution in [1.82, 2.24) is 0 Å². The Labute approximate surface area is 133 Å². The van der Waals surface area contributed by atoms with Crippen LogP contribution in [-0.4, -0.2) is 47.9 Å². The minimum atomic E-state index is -8.30. The highest BCUT2D eigenvalue weighted by molar-refractivity contribution is 5.14. The Morgan fingerprint density at radius 2 is 0.769 bits per heavy atom. The second-order valence-corrected chi connectivity index (χ2v) is 4.85. The molecule has 16 heteroatoms. The molecular formula is C10H6F16. The highest BCUT2D eigenvalue weighted by Crippen LogP contribution is 2.62.